The molecule has 4 heterocycles. The summed E-state index contributed by atoms with van der Waals surface area (Å²) in [4.78, 5) is 34.2. The van der Waals surface area contributed by atoms with Gasteiger partial charge in [-0.05, 0) is 36.9 Å². The molecule has 9 heteroatoms. The molecule has 2 atom stereocenters. The minimum absolute atomic E-state index is 0.0411. The normalized spacial score (nSPS) is 23.7. The van der Waals surface area contributed by atoms with E-state index in [4.69, 9.17) is 9.47 Å². The number of aromatic nitrogens is 1. The second kappa shape index (κ2) is 7.26. The van der Waals surface area contributed by atoms with Crippen LogP contribution in [0, 0.1) is 0 Å². The summed E-state index contributed by atoms with van der Waals surface area (Å²) in [7, 11) is 1.93. The maximum absolute atomic E-state index is 12.3. The number of pyridine rings is 1. The molecule has 2 fully saturated rings. The molecule has 1 aromatic carbocycles. The van der Waals surface area contributed by atoms with Crippen molar-refractivity contribution in [2.45, 2.75) is 12.1 Å². The molecule has 3 aliphatic heterocycles. The third kappa shape index (κ3) is 3.06. The summed E-state index contributed by atoms with van der Waals surface area (Å²) in [6, 6.07) is 9.01. The highest BCUT2D eigenvalue weighted by Gasteiger charge is 2.46. The summed E-state index contributed by atoms with van der Waals surface area (Å²) in [6.45, 7) is 1.85. The summed E-state index contributed by atoms with van der Waals surface area (Å²) in [5, 5.41) is 9.42. The molecule has 30 heavy (non-hydrogen) atoms. The highest BCUT2D eigenvalue weighted by atomic mass is 16.6. The number of carbonyl (C=O) groups is 2. The predicted molar refractivity (Wildman–Crippen MR) is 109 cm³/mol. The Morgan fingerprint density at radius 2 is 2.00 bits per heavy atom. The minimum Gasteiger partial charge on any atom is -0.489 e. The van der Waals surface area contributed by atoms with E-state index in [1.165, 1.54) is 0 Å². The predicted octanol–water partition coefficient (Wildman–Crippen LogP) is 1.11. The van der Waals surface area contributed by atoms with Crippen molar-refractivity contribution >= 4 is 23.5 Å². The van der Waals surface area contributed by atoms with Crippen LogP contribution in [0.3, 0.4) is 0 Å². The number of nitrogens with zero attached hydrogens (tertiary/aromatic N) is 4. The number of ether oxygens (including phenoxy) is 2. The van der Waals surface area contributed by atoms with Gasteiger partial charge in [-0.15, -0.1) is 0 Å². The van der Waals surface area contributed by atoms with Gasteiger partial charge in [0.2, 0.25) is 5.91 Å². The van der Waals surface area contributed by atoms with Crippen molar-refractivity contribution in [1.29, 1.82) is 0 Å². The number of cyclic esters (lactones) is 1. The van der Waals surface area contributed by atoms with Crippen molar-refractivity contribution in [1.82, 2.24) is 9.88 Å². The average molecular weight is 410 g/mol. The molecule has 0 radical (unpaired) electrons. The Morgan fingerprint density at radius 1 is 1.17 bits per heavy atom. The monoisotopic (exact) mass is 410 g/mol. The second-order valence-corrected chi connectivity index (χ2v) is 7.72. The van der Waals surface area contributed by atoms with Gasteiger partial charge >= 0.3 is 6.09 Å². The van der Waals surface area contributed by atoms with Crippen molar-refractivity contribution in [3.8, 4) is 16.9 Å². The Kier molecular flexibility index (Phi) is 4.56. The zero-order chi connectivity index (χ0) is 20.8. The quantitative estimate of drug-likeness (QED) is 0.810. The number of hydrogen-bond donors (Lipinski definition) is 1. The number of rotatable bonds is 3. The molecular formula is C21H22N4O5. The Balaban J connectivity index is 1.39. The van der Waals surface area contributed by atoms with Crippen molar-refractivity contribution < 1.29 is 24.2 Å². The van der Waals surface area contributed by atoms with Crippen LogP contribution in [-0.4, -0.2) is 79.0 Å². The minimum atomic E-state index is -0.584. The molecule has 3 aliphatic rings. The van der Waals surface area contributed by atoms with E-state index in [2.05, 4.69) is 4.98 Å². The molecule has 0 saturated carbocycles. The summed E-state index contributed by atoms with van der Waals surface area (Å²) >= 11 is 0. The van der Waals surface area contributed by atoms with Crippen LogP contribution in [0.2, 0.25) is 0 Å². The maximum atomic E-state index is 12.3. The van der Waals surface area contributed by atoms with Crippen molar-refractivity contribution in [2.24, 2.45) is 0 Å². The van der Waals surface area contributed by atoms with E-state index in [0.29, 0.717) is 30.3 Å². The lowest BCUT2D eigenvalue weighted by Gasteiger charge is -2.31. The molecule has 0 bridgehead atoms. The SMILES string of the molecule is CN1CCN(c2ccc(-c3ccc4c(c3)OC[C@H]3[C@H](CO)OC(=O)N43)cn2)C(=O)C1. The van der Waals surface area contributed by atoms with Gasteiger partial charge < -0.3 is 14.6 Å². The number of carbonyl (C=O) groups excluding carboxylic acids is 2. The van der Waals surface area contributed by atoms with E-state index in [1.807, 2.05) is 42.3 Å². The standard InChI is InChI=1S/C21H22N4O5/c1-23-6-7-24(20(27)10-23)19-5-3-14(9-22-19)13-2-4-15-17(8-13)29-12-16-18(11-26)30-21(28)25(15)16/h2-5,8-9,16,18,26H,6-7,10-12H2,1H3/t16-,18-/m0/s1. The van der Waals surface area contributed by atoms with Gasteiger partial charge in [0.05, 0.1) is 18.8 Å². The molecule has 0 aliphatic carbocycles. The summed E-state index contributed by atoms with van der Waals surface area (Å²) in [5.74, 6) is 1.26. The van der Waals surface area contributed by atoms with Gasteiger partial charge in [0.15, 0.2) is 6.10 Å². The Morgan fingerprint density at radius 3 is 2.73 bits per heavy atom. The summed E-state index contributed by atoms with van der Waals surface area (Å²) < 4.78 is 11.1. The van der Waals surface area contributed by atoms with Gasteiger partial charge in [-0.3, -0.25) is 19.5 Å². The number of aliphatic hydroxyl groups is 1. The van der Waals surface area contributed by atoms with E-state index in [1.54, 1.807) is 16.0 Å². The van der Waals surface area contributed by atoms with Gasteiger partial charge in [-0.2, -0.15) is 0 Å². The molecule has 9 nitrogen and oxygen atoms in total. The van der Waals surface area contributed by atoms with Crippen LogP contribution in [0.5, 0.6) is 5.75 Å². The van der Waals surface area contributed by atoms with E-state index < -0.39 is 12.2 Å². The van der Waals surface area contributed by atoms with Gasteiger partial charge in [0.1, 0.15) is 24.2 Å². The Bertz CT molecular complexity index is 995. The molecule has 1 N–H and O–H groups in total. The zero-order valence-electron chi connectivity index (χ0n) is 16.5. The second-order valence-electron chi connectivity index (χ2n) is 7.72. The number of aliphatic hydroxyl groups excluding tert-OH is 1. The molecular weight excluding hydrogens is 388 g/mol. The van der Waals surface area contributed by atoms with Crippen LogP contribution in [0.25, 0.3) is 11.1 Å². The van der Waals surface area contributed by atoms with Crippen molar-refractivity contribution in [3.63, 3.8) is 0 Å². The Labute approximate surface area is 173 Å². The maximum Gasteiger partial charge on any atom is 0.415 e. The summed E-state index contributed by atoms with van der Waals surface area (Å²) in [6.07, 6.45) is 0.679. The fourth-order valence-corrected chi connectivity index (χ4v) is 4.12. The lowest BCUT2D eigenvalue weighted by atomic mass is 10.0. The van der Waals surface area contributed by atoms with Crippen LogP contribution in [0.1, 0.15) is 0 Å². The first-order valence-electron chi connectivity index (χ1n) is 9.88. The smallest absolute Gasteiger partial charge is 0.415 e. The number of benzene rings is 1. The van der Waals surface area contributed by atoms with Crippen LogP contribution >= 0.6 is 0 Å². The lowest BCUT2D eigenvalue weighted by molar-refractivity contribution is -0.120. The van der Waals surface area contributed by atoms with Crippen LogP contribution in [0.4, 0.5) is 16.3 Å². The first-order valence-corrected chi connectivity index (χ1v) is 9.88. The fourth-order valence-electron chi connectivity index (χ4n) is 4.12. The molecule has 156 valence electrons. The Hall–Kier alpha value is -3.17. The third-order valence-electron chi connectivity index (χ3n) is 5.79. The van der Waals surface area contributed by atoms with Crippen LogP contribution in [0.15, 0.2) is 36.5 Å². The number of fused-ring (bicyclic) bond motifs is 3. The first-order chi connectivity index (χ1) is 14.5. The van der Waals surface area contributed by atoms with E-state index >= 15 is 0 Å². The summed E-state index contributed by atoms with van der Waals surface area (Å²) in [5.41, 5.74) is 2.40. The average Bonchev–Trinajstić information content (AvgIpc) is 3.09. The highest BCUT2D eigenvalue weighted by molar-refractivity contribution is 5.95. The number of hydrogen-bond acceptors (Lipinski definition) is 7. The highest BCUT2D eigenvalue weighted by Crippen LogP contribution is 2.41. The number of anilines is 2. The fraction of sp³-hybridized carbons (Fsp3) is 0.381. The van der Waals surface area contributed by atoms with Crippen LogP contribution < -0.4 is 14.5 Å². The van der Waals surface area contributed by atoms with E-state index in [0.717, 1.165) is 17.7 Å². The molecule has 2 saturated heterocycles. The lowest BCUT2D eigenvalue weighted by Crippen LogP contribution is -2.49. The molecule has 2 aromatic rings. The zero-order valence-corrected chi connectivity index (χ0v) is 16.5. The topological polar surface area (TPSA) is 95.4 Å². The van der Waals surface area contributed by atoms with Gasteiger partial charge in [0, 0.05) is 24.8 Å². The largest absolute Gasteiger partial charge is 0.489 e. The molecule has 0 spiro atoms. The molecule has 1 aromatic heterocycles. The number of amides is 2. The van der Waals surface area contributed by atoms with Crippen molar-refractivity contribution in [3.05, 3.63) is 36.5 Å². The van der Waals surface area contributed by atoms with Gasteiger partial charge in [-0.1, -0.05) is 6.07 Å². The molecule has 5 rings (SSSR count). The molecule has 2 amide bonds. The van der Waals surface area contributed by atoms with Crippen LogP contribution in [-0.2, 0) is 9.53 Å². The number of piperazine rings is 1. The first kappa shape index (κ1) is 18.8. The van der Waals surface area contributed by atoms with Crippen molar-refractivity contribution in [2.75, 3.05) is 49.7 Å². The van der Waals surface area contributed by atoms with Gasteiger partial charge in [-0.25, -0.2) is 9.78 Å². The van der Waals surface area contributed by atoms with Gasteiger partial charge in [0.25, 0.3) is 0 Å². The molecule has 0 unspecified atom stereocenters. The third-order valence-corrected chi connectivity index (χ3v) is 5.79. The van der Waals surface area contributed by atoms with E-state index in [9.17, 15) is 14.7 Å². The van der Waals surface area contributed by atoms with E-state index in [-0.39, 0.29) is 25.2 Å². The number of likely N-dealkylation sites (N-methyl/N-ethyl adjacent to an activating group) is 1.